The van der Waals surface area contributed by atoms with E-state index < -0.39 is 0 Å². The molecule has 20 heavy (non-hydrogen) atoms. The van der Waals surface area contributed by atoms with Gasteiger partial charge in [-0.05, 0) is 18.9 Å². The lowest BCUT2D eigenvalue weighted by molar-refractivity contribution is 0.0680. The largest absolute Gasteiger partial charge is 0.489 e. The van der Waals surface area contributed by atoms with Crippen molar-refractivity contribution in [3.8, 4) is 5.75 Å². The van der Waals surface area contributed by atoms with Crippen molar-refractivity contribution in [2.45, 2.75) is 25.4 Å². The summed E-state index contributed by atoms with van der Waals surface area (Å²) in [6.07, 6.45) is 2.93. The molecule has 1 saturated heterocycles. The Labute approximate surface area is 126 Å². The molecule has 1 unspecified atom stereocenters. The van der Waals surface area contributed by atoms with Gasteiger partial charge in [-0.2, -0.15) is 0 Å². The fourth-order valence-corrected chi connectivity index (χ4v) is 2.73. The standard InChI is InChI=1S/C14H15Cl2NO3/c15-4-3-12-10-6-11(16)14(7-13(10)20-17-12)19-8-9-2-1-5-18-9/h6-7,9H,1-5,8H2. The number of halogens is 2. The monoisotopic (exact) mass is 315 g/mol. The van der Waals surface area contributed by atoms with Crippen molar-refractivity contribution in [2.24, 2.45) is 0 Å². The summed E-state index contributed by atoms with van der Waals surface area (Å²) in [5.74, 6) is 1.10. The zero-order valence-corrected chi connectivity index (χ0v) is 12.4. The minimum absolute atomic E-state index is 0.156. The maximum absolute atomic E-state index is 6.25. The van der Waals surface area contributed by atoms with Crippen LogP contribution in [0.2, 0.25) is 5.02 Å². The van der Waals surface area contributed by atoms with Crippen LogP contribution in [0.4, 0.5) is 0 Å². The van der Waals surface area contributed by atoms with Gasteiger partial charge in [-0.15, -0.1) is 11.6 Å². The molecule has 1 aliphatic rings. The number of benzene rings is 1. The number of ether oxygens (including phenoxy) is 2. The summed E-state index contributed by atoms with van der Waals surface area (Å²) in [6, 6.07) is 3.59. The highest BCUT2D eigenvalue weighted by molar-refractivity contribution is 6.32. The van der Waals surface area contributed by atoms with Gasteiger partial charge in [0.05, 0.1) is 16.8 Å². The molecular weight excluding hydrogens is 301 g/mol. The quantitative estimate of drug-likeness (QED) is 0.787. The van der Waals surface area contributed by atoms with Crippen LogP contribution in [0.15, 0.2) is 16.7 Å². The first-order valence-electron chi connectivity index (χ1n) is 6.66. The first-order valence-corrected chi connectivity index (χ1v) is 7.57. The molecule has 4 nitrogen and oxygen atoms in total. The van der Waals surface area contributed by atoms with Crippen LogP contribution < -0.4 is 4.74 Å². The number of fused-ring (bicyclic) bond motifs is 1. The average molecular weight is 316 g/mol. The van der Waals surface area contributed by atoms with E-state index >= 15 is 0 Å². The summed E-state index contributed by atoms with van der Waals surface area (Å²) in [4.78, 5) is 0. The molecule has 0 radical (unpaired) electrons. The van der Waals surface area contributed by atoms with E-state index in [1.807, 2.05) is 6.07 Å². The van der Waals surface area contributed by atoms with Gasteiger partial charge in [0.15, 0.2) is 5.58 Å². The number of hydrogen-bond acceptors (Lipinski definition) is 4. The Morgan fingerprint density at radius 2 is 2.30 bits per heavy atom. The number of nitrogens with zero attached hydrogens (tertiary/aromatic N) is 1. The SMILES string of the molecule is ClCCc1noc2cc(OCC3CCCO3)c(Cl)cc12. The van der Waals surface area contributed by atoms with E-state index in [0.717, 1.165) is 30.5 Å². The van der Waals surface area contributed by atoms with Crippen LogP contribution in [-0.4, -0.2) is 30.4 Å². The third kappa shape index (κ3) is 2.87. The fraction of sp³-hybridized carbons (Fsp3) is 0.500. The highest BCUT2D eigenvalue weighted by Crippen LogP contribution is 2.32. The fourth-order valence-electron chi connectivity index (χ4n) is 2.33. The molecule has 1 atom stereocenters. The van der Waals surface area contributed by atoms with E-state index in [4.69, 9.17) is 37.2 Å². The van der Waals surface area contributed by atoms with Gasteiger partial charge >= 0.3 is 0 Å². The van der Waals surface area contributed by atoms with Crippen molar-refractivity contribution in [3.63, 3.8) is 0 Å². The Morgan fingerprint density at radius 3 is 3.05 bits per heavy atom. The van der Waals surface area contributed by atoms with Crippen molar-refractivity contribution >= 4 is 34.2 Å². The number of aromatic nitrogens is 1. The van der Waals surface area contributed by atoms with Crippen LogP contribution in [0.1, 0.15) is 18.5 Å². The second kappa shape index (κ2) is 6.20. The molecule has 6 heteroatoms. The molecule has 3 rings (SSSR count). The lowest BCUT2D eigenvalue weighted by Crippen LogP contribution is -2.16. The average Bonchev–Trinajstić information content (AvgIpc) is 3.07. The smallest absolute Gasteiger partial charge is 0.170 e. The minimum Gasteiger partial charge on any atom is -0.489 e. The lowest BCUT2D eigenvalue weighted by Gasteiger charge is -2.12. The number of alkyl halides is 1. The molecule has 1 fully saturated rings. The molecule has 0 aliphatic carbocycles. The Bertz CT molecular complexity index is 593. The Kier molecular flexibility index (Phi) is 4.34. The number of hydrogen-bond donors (Lipinski definition) is 0. The maximum atomic E-state index is 6.25. The zero-order chi connectivity index (χ0) is 13.9. The van der Waals surface area contributed by atoms with Gasteiger partial charge in [0, 0.05) is 30.4 Å². The van der Waals surface area contributed by atoms with Crippen molar-refractivity contribution < 1.29 is 14.0 Å². The highest BCUT2D eigenvalue weighted by Gasteiger charge is 2.18. The zero-order valence-electron chi connectivity index (χ0n) is 10.9. The van der Waals surface area contributed by atoms with E-state index in [0.29, 0.717) is 35.3 Å². The molecule has 108 valence electrons. The predicted octanol–water partition coefficient (Wildman–Crippen LogP) is 3.82. The van der Waals surface area contributed by atoms with E-state index in [1.165, 1.54) is 0 Å². The lowest BCUT2D eigenvalue weighted by atomic mass is 10.2. The van der Waals surface area contributed by atoms with E-state index in [9.17, 15) is 0 Å². The molecule has 0 N–H and O–H groups in total. The van der Waals surface area contributed by atoms with Crippen molar-refractivity contribution in [1.82, 2.24) is 5.16 Å². The molecule has 2 aromatic rings. The summed E-state index contributed by atoms with van der Waals surface area (Å²) in [6.45, 7) is 1.32. The normalized spacial score (nSPS) is 18.8. The van der Waals surface area contributed by atoms with Gasteiger partial charge in [0.1, 0.15) is 12.4 Å². The second-order valence-electron chi connectivity index (χ2n) is 4.79. The molecule has 2 heterocycles. The van der Waals surface area contributed by atoms with Crippen molar-refractivity contribution in [3.05, 3.63) is 22.8 Å². The Hall–Kier alpha value is -0.970. The topological polar surface area (TPSA) is 44.5 Å². The third-order valence-corrected chi connectivity index (χ3v) is 3.86. The van der Waals surface area contributed by atoms with Gasteiger partial charge < -0.3 is 14.0 Å². The number of rotatable bonds is 5. The van der Waals surface area contributed by atoms with E-state index in [1.54, 1.807) is 6.07 Å². The number of aryl methyl sites for hydroxylation is 1. The van der Waals surface area contributed by atoms with Gasteiger partial charge in [0.25, 0.3) is 0 Å². The first kappa shape index (κ1) is 14.0. The van der Waals surface area contributed by atoms with Crippen LogP contribution >= 0.6 is 23.2 Å². The van der Waals surface area contributed by atoms with Crippen molar-refractivity contribution in [1.29, 1.82) is 0 Å². The second-order valence-corrected chi connectivity index (χ2v) is 5.58. The van der Waals surface area contributed by atoms with Gasteiger partial charge in [-0.1, -0.05) is 16.8 Å². The molecule has 1 aliphatic heterocycles. The third-order valence-electron chi connectivity index (χ3n) is 3.38. The summed E-state index contributed by atoms with van der Waals surface area (Å²) in [7, 11) is 0. The summed E-state index contributed by atoms with van der Waals surface area (Å²) >= 11 is 12.0. The van der Waals surface area contributed by atoms with Crippen LogP contribution in [0.25, 0.3) is 11.0 Å². The predicted molar refractivity (Wildman–Crippen MR) is 77.9 cm³/mol. The molecule has 1 aromatic heterocycles. The highest BCUT2D eigenvalue weighted by atomic mass is 35.5. The maximum Gasteiger partial charge on any atom is 0.170 e. The molecule has 1 aromatic carbocycles. The Balaban J connectivity index is 1.79. The molecule has 0 spiro atoms. The first-order chi connectivity index (χ1) is 9.78. The molecule has 0 saturated carbocycles. The molecule has 0 bridgehead atoms. The van der Waals surface area contributed by atoms with Crippen LogP contribution in [0.3, 0.4) is 0 Å². The minimum atomic E-state index is 0.156. The molecular formula is C14H15Cl2NO3. The van der Waals surface area contributed by atoms with E-state index in [-0.39, 0.29) is 6.10 Å². The summed E-state index contributed by atoms with van der Waals surface area (Å²) < 4.78 is 16.5. The van der Waals surface area contributed by atoms with Gasteiger partial charge in [0.2, 0.25) is 0 Å². The van der Waals surface area contributed by atoms with Crippen LogP contribution in [-0.2, 0) is 11.2 Å². The summed E-state index contributed by atoms with van der Waals surface area (Å²) in [5.41, 5.74) is 1.49. The Morgan fingerprint density at radius 1 is 1.40 bits per heavy atom. The van der Waals surface area contributed by atoms with Crippen LogP contribution in [0, 0.1) is 0 Å². The van der Waals surface area contributed by atoms with Crippen molar-refractivity contribution in [2.75, 3.05) is 19.1 Å². The summed E-state index contributed by atoms with van der Waals surface area (Å²) in [5, 5.41) is 5.45. The van der Waals surface area contributed by atoms with E-state index in [2.05, 4.69) is 5.16 Å². The van der Waals surface area contributed by atoms with Gasteiger partial charge in [-0.3, -0.25) is 0 Å². The van der Waals surface area contributed by atoms with Gasteiger partial charge in [-0.25, -0.2) is 0 Å². The molecule has 0 amide bonds. The van der Waals surface area contributed by atoms with Crippen LogP contribution in [0.5, 0.6) is 5.75 Å².